The Labute approximate surface area is 110 Å². The molecule has 1 aliphatic rings. The van der Waals surface area contributed by atoms with Crippen LogP contribution in [0.1, 0.15) is 5.56 Å². The third-order valence-corrected chi connectivity index (χ3v) is 3.48. The van der Waals surface area contributed by atoms with Gasteiger partial charge in [-0.05, 0) is 12.6 Å². The number of hydrogen-bond donors (Lipinski definition) is 0. The number of rotatable bonds is 2. The van der Waals surface area contributed by atoms with Crippen molar-refractivity contribution in [3.8, 4) is 24.7 Å². The van der Waals surface area contributed by atoms with Gasteiger partial charge >= 0.3 is 0 Å². The summed E-state index contributed by atoms with van der Waals surface area (Å²) in [5, 5.41) is 0. The molecule has 1 saturated heterocycles. The zero-order valence-electron chi connectivity index (χ0n) is 10.7. The molecule has 2 rings (SSSR count). The molecule has 18 heavy (non-hydrogen) atoms. The molecule has 1 fully saturated rings. The molecule has 0 amide bonds. The molecule has 1 heterocycles. The smallest absolute Gasteiger partial charge is 0.0848 e. The van der Waals surface area contributed by atoms with Crippen LogP contribution in [0, 0.1) is 24.7 Å². The molecule has 1 aromatic rings. The summed E-state index contributed by atoms with van der Waals surface area (Å²) in [5.41, 5.74) is 1.30. The minimum absolute atomic E-state index is 0.100. The van der Waals surface area contributed by atoms with E-state index in [1.807, 2.05) is 13.1 Å². The zero-order chi connectivity index (χ0) is 13.0. The van der Waals surface area contributed by atoms with Crippen LogP contribution in [0.15, 0.2) is 30.3 Å². The Morgan fingerprint density at radius 3 is 2.17 bits per heavy atom. The van der Waals surface area contributed by atoms with Crippen LogP contribution in [0.4, 0.5) is 0 Å². The maximum Gasteiger partial charge on any atom is 0.0848 e. The molecule has 0 saturated carbocycles. The standard InChI is InChI=1S/C16H18N2/c1-4-15-12-18(13-16(5-2)17(15)3)11-14-9-7-6-8-10-14/h1-2,6-10,15-16H,11-13H2,3H3/t15-,16+. The molecular weight excluding hydrogens is 220 g/mol. The van der Waals surface area contributed by atoms with Crippen molar-refractivity contribution in [1.82, 2.24) is 9.80 Å². The van der Waals surface area contributed by atoms with E-state index in [1.165, 1.54) is 5.56 Å². The van der Waals surface area contributed by atoms with Gasteiger partial charge in [0.2, 0.25) is 0 Å². The molecule has 0 radical (unpaired) electrons. The van der Waals surface area contributed by atoms with Crippen molar-refractivity contribution in [2.45, 2.75) is 18.6 Å². The average molecular weight is 238 g/mol. The molecule has 0 aliphatic carbocycles. The average Bonchev–Trinajstić information content (AvgIpc) is 2.41. The lowest BCUT2D eigenvalue weighted by Gasteiger charge is -2.41. The molecule has 1 aromatic carbocycles. The summed E-state index contributed by atoms with van der Waals surface area (Å²) in [4.78, 5) is 4.45. The summed E-state index contributed by atoms with van der Waals surface area (Å²) in [6, 6.07) is 10.6. The summed E-state index contributed by atoms with van der Waals surface area (Å²) in [7, 11) is 2.01. The number of likely N-dealkylation sites (N-methyl/N-ethyl adjacent to an activating group) is 1. The fraction of sp³-hybridized carbons (Fsp3) is 0.375. The van der Waals surface area contributed by atoms with Crippen molar-refractivity contribution in [3.05, 3.63) is 35.9 Å². The van der Waals surface area contributed by atoms with Gasteiger partial charge in [0.05, 0.1) is 12.1 Å². The van der Waals surface area contributed by atoms with Crippen LogP contribution in [-0.2, 0) is 6.54 Å². The maximum atomic E-state index is 5.58. The van der Waals surface area contributed by atoms with Crippen LogP contribution in [0.3, 0.4) is 0 Å². The molecule has 2 nitrogen and oxygen atoms in total. The highest BCUT2D eigenvalue weighted by atomic mass is 15.3. The summed E-state index contributed by atoms with van der Waals surface area (Å²) < 4.78 is 0. The molecule has 0 bridgehead atoms. The second-order valence-electron chi connectivity index (χ2n) is 4.71. The van der Waals surface area contributed by atoms with E-state index in [4.69, 9.17) is 12.8 Å². The van der Waals surface area contributed by atoms with Gasteiger partial charge in [-0.2, -0.15) is 0 Å². The second-order valence-corrected chi connectivity index (χ2v) is 4.71. The topological polar surface area (TPSA) is 6.48 Å². The Balaban J connectivity index is 2.07. The first-order valence-electron chi connectivity index (χ1n) is 6.15. The molecule has 0 spiro atoms. The molecule has 1 aliphatic heterocycles. The van der Waals surface area contributed by atoms with Gasteiger partial charge in [0, 0.05) is 19.6 Å². The lowest BCUT2D eigenvalue weighted by Crippen LogP contribution is -2.55. The number of nitrogens with zero attached hydrogens (tertiary/aromatic N) is 2. The second kappa shape index (κ2) is 5.74. The molecule has 0 unspecified atom stereocenters. The Bertz CT molecular complexity index is 442. The van der Waals surface area contributed by atoms with Crippen molar-refractivity contribution >= 4 is 0 Å². The van der Waals surface area contributed by atoms with E-state index in [1.54, 1.807) is 0 Å². The van der Waals surface area contributed by atoms with Crippen LogP contribution >= 0.6 is 0 Å². The van der Waals surface area contributed by atoms with Crippen LogP contribution < -0.4 is 0 Å². The Morgan fingerprint density at radius 1 is 1.11 bits per heavy atom. The van der Waals surface area contributed by atoms with Gasteiger partial charge in [-0.25, -0.2) is 0 Å². The molecule has 0 aromatic heterocycles. The lowest BCUT2D eigenvalue weighted by molar-refractivity contribution is 0.0890. The Morgan fingerprint density at radius 2 is 1.67 bits per heavy atom. The van der Waals surface area contributed by atoms with Gasteiger partial charge in [0.15, 0.2) is 0 Å². The molecule has 2 atom stereocenters. The summed E-state index contributed by atoms with van der Waals surface area (Å²) in [6.07, 6.45) is 11.2. The summed E-state index contributed by atoms with van der Waals surface area (Å²) >= 11 is 0. The largest absolute Gasteiger partial charge is 0.294 e. The fourth-order valence-electron chi connectivity index (χ4n) is 2.35. The van der Waals surface area contributed by atoms with Gasteiger partial charge in [-0.1, -0.05) is 42.2 Å². The van der Waals surface area contributed by atoms with E-state index in [0.717, 1.165) is 19.6 Å². The van der Waals surface area contributed by atoms with Crippen molar-refractivity contribution in [3.63, 3.8) is 0 Å². The van der Waals surface area contributed by atoms with Crippen LogP contribution in [0.25, 0.3) is 0 Å². The minimum atomic E-state index is 0.100. The van der Waals surface area contributed by atoms with E-state index >= 15 is 0 Å². The Kier molecular flexibility index (Phi) is 4.05. The molecule has 0 N–H and O–H groups in total. The van der Waals surface area contributed by atoms with E-state index in [9.17, 15) is 0 Å². The van der Waals surface area contributed by atoms with E-state index < -0.39 is 0 Å². The quantitative estimate of drug-likeness (QED) is 0.719. The number of hydrogen-bond acceptors (Lipinski definition) is 2. The van der Waals surface area contributed by atoms with Gasteiger partial charge in [-0.15, -0.1) is 12.8 Å². The maximum absolute atomic E-state index is 5.58. The highest BCUT2D eigenvalue weighted by Gasteiger charge is 2.29. The molecular formula is C16H18N2. The fourth-order valence-corrected chi connectivity index (χ4v) is 2.35. The predicted octanol–water partition coefficient (Wildman–Crippen LogP) is 1.44. The highest BCUT2D eigenvalue weighted by Crippen LogP contribution is 2.15. The summed E-state index contributed by atoms with van der Waals surface area (Å²) in [6.45, 7) is 2.66. The predicted molar refractivity (Wildman–Crippen MR) is 74.7 cm³/mol. The number of terminal acetylenes is 2. The third-order valence-electron chi connectivity index (χ3n) is 3.48. The molecule has 92 valence electrons. The summed E-state index contributed by atoms with van der Waals surface area (Å²) in [5.74, 6) is 5.64. The van der Waals surface area contributed by atoms with Crippen LogP contribution in [0.2, 0.25) is 0 Å². The van der Waals surface area contributed by atoms with E-state index in [-0.39, 0.29) is 12.1 Å². The third kappa shape index (κ3) is 2.74. The number of piperazine rings is 1. The van der Waals surface area contributed by atoms with Crippen molar-refractivity contribution in [2.24, 2.45) is 0 Å². The lowest BCUT2D eigenvalue weighted by atomic mass is 10.1. The van der Waals surface area contributed by atoms with Crippen molar-refractivity contribution < 1.29 is 0 Å². The first-order chi connectivity index (χ1) is 8.74. The normalized spacial score (nSPS) is 25.3. The van der Waals surface area contributed by atoms with Gasteiger partial charge in [0.1, 0.15) is 0 Å². The van der Waals surface area contributed by atoms with Gasteiger partial charge in [-0.3, -0.25) is 9.80 Å². The minimum Gasteiger partial charge on any atom is -0.294 e. The number of benzene rings is 1. The first-order valence-corrected chi connectivity index (χ1v) is 6.15. The van der Waals surface area contributed by atoms with Crippen LogP contribution in [0.5, 0.6) is 0 Å². The highest BCUT2D eigenvalue weighted by molar-refractivity contribution is 5.17. The van der Waals surface area contributed by atoms with Crippen molar-refractivity contribution in [1.29, 1.82) is 0 Å². The van der Waals surface area contributed by atoms with Crippen molar-refractivity contribution in [2.75, 3.05) is 20.1 Å². The molecule has 2 heteroatoms. The Hall–Kier alpha value is -1.74. The SMILES string of the molecule is C#C[C@@H]1CN(Cc2ccccc2)C[C@H](C#C)N1C. The monoisotopic (exact) mass is 238 g/mol. The van der Waals surface area contributed by atoms with E-state index in [0.29, 0.717) is 0 Å². The zero-order valence-corrected chi connectivity index (χ0v) is 10.7. The first kappa shape index (κ1) is 12.7. The van der Waals surface area contributed by atoms with Crippen LogP contribution in [-0.4, -0.2) is 42.0 Å². The van der Waals surface area contributed by atoms with E-state index in [2.05, 4.69) is 45.9 Å². The van der Waals surface area contributed by atoms with Gasteiger partial charge < -0.3 is 0 Å². The van der Waals surface area contributed by atoms with Gasteiger partial charge in [0.25, 0.3) is 0 Å².